The van der Waals surface area contributed by atoms with Crippen LogP contribution in [0.25, 0.3) is 0 Å². The van der Waals surface area contributed by atoms with Gasteiger partial charge in [-0.1, -0.05) is 149 Å². The van der Waals surface area contributed by atoms with Crippen molar-refractivity contribution in [1.29, 1.82) is 0 Å². The van der Waals surface area contributed by atoms with Crippen molar-refractivity contribution in [1.82, 2.24) is 0 Å². The number of unbranched alkanes of at least 4 members (excludes halogenated alkanes) is 2. The zero-order valence-electron chi connectivity index (χ0n) is 28.4. The van der Waals surface area contributed by atoms with Crippen molar-refractivity contribution in [2.24, 2.45) is 0 Å². The molecule has 0 saturated carbocycles. The number of hydrogen-bond acceptors (Lipinski definition) is 2. The highest BCUT2D eigenvalue weighted by Crippen LogP contribution is 2.03. The van der Waals surface area contributed by atoms with Gasteiger partial charge in [-0.3, -0.25) is 0 Å². The lowest BCUT2D eigenvalue weighted by Crippen LogP contribution is -1.75. The van der Waals surface area contributed by atoms with E-state index in [0.717, 1.165) is 57.8 Å². The summed E-state index contributed by atoms with van der Waals surface area (Å²) in [5, 5.41) is 0. The van der Waals surface area contributed by atoms with Crippen LogP contribution < -0.4 is 0 Å². The van der Waals surface area contributed by atoms with Gasteiger partial charge < -0.3 is 0 Å². The van der Waals surface area contributed by atoms with Gasteiger partial charge in [0.25, 0.3) is 0 Å². The maximum Gasteiger partial charge on any atom is 0.0113 e. The van der Waals surface area contributed by atoms with Crippen molar-refractivity contribution in [2.75, 3.05) is 23.0 Å². The molecule has 0 aliphatic heterocycles. The largest absolute Gasteiger partial charge is 0.162 e. The van der Waals surface area contributed by atoms with Crippen LogP contribution in [0.2, 0.25) is 0 Å². The summed E-state index contributed by atoms with van der Waals surface area (Å²) in [6.07, 6.45) is 59.6. The van der Waals surface area contributed by atoms with Gasteiger partial charge in [-0.25, -0.2) is 0 Å². The third-order valence-electron chi connectivity index (χ3n) is 5.84. The van der Waals surface area contributed by atoms with Crippen molar-refractivity contribution in [2.45, 2.75) is 111 Å². The van der Waals surface area contributed by atoms with E-state index in [1.165, 1.54) is 48.7 Å². The first-order valence-corrected chi connectivity index (χ1v) is 19.3. The Balaban J connectivity index is 0. The average molecular weight is 623 g/mol. The Bertz CT molecular complexity index is 815. The van der Waals surface area contributed by atoms with Gasteiger partial charge in [-0.05, 0) is 101 Å². The Morgan fingerprint density at radius 3 is 1.02 bits per heavy atom. The first-order chi connectivity index (χ1) is 21.3. The van der Waals surface area contributed by atoms with E-state index in [-0.39, 0.29) is 0 Å². The van der Waals surface area contributed by atoms with E-state index in [1.807, 2.05) is 23.5 Å². The monoisotopic (exact) mass is 622 g/mol. The van der Waals surface area contributed by atoms with Crippen LogP contribution in [0.5, 0.6) is 0 Å². The molecular weight excluding hydrogens is 557 g/mol. The van der Waals surface area contributed by atoms with Gasteiger partial charge in [0.15, 0.2) is 0 Å². The van der Waals surface area contributed by atoms with Crippen LogP contribution in [0.4, 0.5) is 0 Å². The van der Waals surface area contributed by atoms with Gasteiger partial charge in [-0.2, -0.15) is 23.5 Å². The molecule has 0 nitrogen and oxygen atoms in total. The van der Waals surface area contributed by atoms with Crippen LogP contribution in [0.15, 0.2) is 122 Å². The number of thioether (sulfide) groups is 2. The Hall–Kier alpha value is -1.90. The Labute approximate surface area is 278 Å². The molecular formula is C41H66S2. The summed E-state index contributed by atoms with van der Waals surface area (Å²) in [6.45, 7) is 8.75. The van der Waals surface area contributed by atoms with Gasteiger partial charge in [0.05, 0.1) is 0 Å². The number of hydrogen-bond donors (Lipinski definition) is 0. The normalized spacial score (nSPS) is 13.0. The Morgan fingerprint density at radius 1 is 0.326 bits per heavy atom. The van der Waals surface area contributed by atoms with E-state index in [0.29, 0.717) is 0 Å². The molecule has 0 spiro atoms. The standard InChI is InChI=1S/C21H34S.C20H32S/c1-3-5-6-7-8-9-10-11-12-13-14-15-16-17-18-19-20-21-22-4-2;1-3-5-6-7-8-9-10-11-12-13-14-15-16-17-18-19-20-21-4-2/h5-6,8-9,11-12,14-15,19-20H,3-4,7,10,13,16-18,21H2,1-2H3;5-6,8-9,11-12,14-15,17-18H,3-4,7,10,13,16,19-20H2,1-2H3/b6-5-,9-8-,12-11-,15-14-,20-19+;6-5-,9-8-,12-11-,15-14-,18-17-. The molecule has 2 heteroatoms. The molecule has 0 saturated heterocycles. The van der Waals surface area contributed by atoms with Crippen LogP contribution in [-0.4, -0.2) is 23.0 Å². The van der Waals surface area contributed by atoms with Crippen LogP contribution in [0.3, 0.4) is 0 Å². The van der Waals surface area contributed by atoms with Crippen molar-refractivity contribution in [3.63, 3.8) is 0 Å². The van der Waals surface area contributed by atoms with E-state index in [4.69, 9.17) is 0 Å². The average Bonchev–Trinajstić information content (AvgIpc) is 3.02. The molecule has 0 fully saturated rings. The van der Waals surface area contributed by atoms with Crippen LogP contribution >= 0.6 is 23.5 Å². The predicted octanol–water partition coefficient (Wildman–Crippen LogP) is 14.2. The second-order valence-electron chi connectivity index (χ2n) is 9.76. The summed E-state index contributed by atoms with van der Waals surface area (Å²) in [7, 11) is 0. The number of allylic oxidation sites excluding steroid dienone is 19. The fourth-order valence-electron chi connectivity index (χ4n) is 3.49. The molecule has 0 heterocycles. The maximum absolute atomic E-state index is 2.32. The van der Waals surface area contributed by atoms with E-state index >= 15 is 0 Å². The highest BCUT2D eigenvalue weighted by atomic mass is 32.2. The maximum atomic E-state index is 2.32. The topological polar surface area (TPSA) is 0 Å². The molecule has 0 aromatic rings. The minimum atomic E-state index is 1.04. The van der Waals surface area contributed by atoms with Crippen molar-refractivity contribution in [3.8, 4) is 0 Å². The van der Waals surface area contributed by atoms with E-state index in [9.17, 15) is 0 Å². The second kappa shape index (κ2) is 44.5. The molecule has 0 aliphatic carbocycles. The molecule has 0 amide bonds. The summed E-state index contributed by atoms with van der Waals surface area (Å²) in [5.74, 6) is 4.86. The fourth-order valence-corrected chi connectivity index (χ4v) is 4.59. The summed E-state index contributed by atoms with van der Waals surface area (Å²) in [6, 6.07) is 0. The first-order valence-electron chi connectivity index (χ1n) is 17.0. The van der Waals surface area contributed by atoms with E-state index in [2.05, 4.69) is 149 Å². The lowest BCUT2D eigenvalue weighted by molar-refractivity contribution is 0.865. The lowest BCUT2D eigenvalue weighted by atomic mass is 10.2. The number of rotatable bonds is 27. The molecule has 43 heavy (non-hydrogen) atoms. The highest BCUT2D eigenvalue weighted by Gasteiger charge is 1.82. The molecule has 242 valence electrons. The second-order valence-corrected chi connectivity index (χ2v) is 12.5. The molecule has 0 N–H and O–H groups in total. The van der Waals surface area contributed by atoms with Crippen LogP contribution in [0.1, 0.15) is 111 Å². The summed E-state index contributed by atoms with van der Waals surface area (Å²) < 4.78 is 0. The molecule has 0 aliphatic rings. The SMILES string of the molecule is CC/C=C\C/C=C\C/C=C\C/C=C\C/C=C\CCSCC.CC/C=C\C/C=C\C/C=C\C/C=C\CCC/C=C/CSCC. The van der Waals surface area contributed by atoms with Crippen molar-refractivity contribution >= 4 is 23.5 Å². The van der Waals surface area contributed by atoms with E-state index in [1.54, 1.807) is 0 Å². The van der Waals surface area contributed by atoms with Crippen LogP contribution in [0, 0.1) is 0 Å². The molecule has 0 unspecified atom stereocenters. The smallest absolute Gasteiger partial charge is 0.0113 e. The molecule has 0 rings (SSSR count). The molecule has 0 atom stereocenters. The third kappa shape index (κ3) is 47.2. The van der Waals surface area contributed by atoms with Gasteiger partial charge in [0, 0.05) is 5.75 Å². The Morgan fingerprint density at radius 2 is 0.651 bits per heavy atom. The van der Waals surface area contributed by atoms with Gasteiger partial charge in [-0.15, -0.1) is 0 Å². The molecule has 0 radical (unpaired) electrons. The van der Waals surface area contributed by atoms with Crippen LogP contribution in [-0.2, 0) is 0 Å². The first kappa shape index (κ1) is 43.2. The van der Waals surface area contributed by atoms with Gasteiger partial charge in [0.2, 0.25) is 0 Å². The molecule has 0 aromatic carbocycles. The van der Waals surface area contributed by atoms with Gasteiger partial charge in [0.1, 0.15) is 0 Å². The fraction of sp³-hybridized carbons (Fsp3) is 0.512. The predicted molar refractivity (Wildman–Crippen MR) is 209 cm³/mol. The summed E-state index contributed by atoms with van der Waals surface area (Å²) in [5.41, 5.74) is 0. The zero-order chi connectivity index (χ0) is 31.6. The minimum absolute atomic E-state index is 1.04. The van der Waals surface area contributed by atoms with Gasteiger partial charge >= 0.3 is 0 Å². The van der Waals surface area contributed by atoms with Crippen molar-refractivity contribution in [3.05, 3.63) is 122 Å². The Kier molecular flexibility index (Phi) is 44.8. The minimum Gasteiger partial charge on any atom is -0.162 e. The van der Waals surface area contributed by atoms with E-state index < -0.39 is 0 Å². The molecule has 0 aromatic heterocycles. The highest BCUT2D eigenvalue weighted by molar-refractivity contribution is 7.99. The van der Waals surface area contributed by atoms with Crippen molar-refractivity contribution < 1.29 is 0 Å². The third-order valence-corrected chi connectivity index (χ3v) is 7.61. The molecule has 0 bridgehead atoms. The lowest BCUT2D eigenvalue weighted by Gasteiger charge is -1.91. The quantitative estimate of drug-likeness (QED) is 0.0660. The summed E-state index contributed by atoms with van der Waals surface area (Å²) >= 11 is 3.99. The zero-order valence-corrected chi connectivity index (χ0v) is 30.0. The summed E-state index contributed by atoms with van der Waals surface area (Å²) in [4.78, 5) is 0.